The number of aromatic nitrogens is 1. The molecular weight excluding hydrogens is 436 g/mol. The third-order valence-electron chi connectivity index (χ3n) is 5.14. The zero-order valence-corrected chi connectivity index (χ0v) is 17.8. The number of carbonyl (C=O) groups excluding carboxylic acids is 1. The van der Waals surface area contributed by atoms with E-state index < -0.39 is 17.6 Å². The third kappa shape index (κ3) is 4.43. The third-order valence-corrected chi connectivity index (χ3v) is 6.18. The van der Waals surface area contributed by atoms with Crippen molar-refractivity contribution in [3.8, 4) is 0 Å². The number of carboxylic acid groups (broad SMARTS) is 1. The summed E-state index contributed by atoms with van der Waals surface area (Å²) in [5, 5.41) is 12.4. The molecule has 0 fully saturated rings. The van der Waals surface area contributed by atoms with Crippen LogP contribution in [0.2, 0.25) is 0 Å². The molecule has 6 nitrogen and oxygen atoms in total. The van der Waals surface area contributed by atoms with E-state index in [1.807, 2.05) is 13.0 Å². The number of carboxylic acids is 1. The highest BCUT2D eigenvalue weighted by molar-refractivity contribution is 8.00. The summed E-state index contributed by atoms with van der Waals surface area (Å²) < 4.78 is 27.0. The molecule has 0 bridgehead atoms. The highest BCUT2D eigenvalue weighted by atomic mass is 32.2. The van der Waals surface area contributed by atoms with Crippen LogP contribution in [0.1, 0.15) is 34.5 Å². The Kier molecular flexibility index (Phi) is 6.09. The molecule has 1 amide bonds. The zero-order chi connectivity index (χ0) is 22.8. The molecule has 0 radical (unpaired) electrons. The summed E-state index contributed by atoms with van der Waals surface area (Å²) in [6.45, 7) is 1.97. The van der Waals surface area contributed by atoms with Crippen molar-refractivity contribution in [2.45, 2.75) is 24.4 Å². The normalized spacial score (nSPS) is 14.1. The Morgan fingerprint density at radius 3 is 2.62 bits per heavy atom. The van der Waals surface area contributed by atoms with Gasteiger partial charge in [-0.2, -0.15) is 0 Å². The van der Waals surface area contributed by atoms with Crippen molar-refractivity contribution in [2.24, 2.45) is 0 Å². The number of thioether (sulfide) groups is 1. The second kappa shape index (κ2) is 8.96. The first kappa shape index (κ1) is 21.8. The van der Waals surface area contributed by atoms with Crippen LogP contribution >= 0.6 is 11.8 Å². The first-order chi connectivity index (χ1) is 15.3. The van der Waals surface area contributed by atoms with Crippen LogP contribution in [0.15, 0.2) is 59.6 Å². The van der Waals surface area contributed by atoms with Crippen LogP contribution in [0.4, 0.5) is 20.3 Å². The summed E-state index contributed by atoms with van der Waals surface area (Å²) >= 11 is 1.39. The van der Waals surface area contributed by atoms with Crippen molar-refractivity contribution in [3.63, 3.8) is 0 Å². The number of rotatable bonds is 6. The maximum Gasteiger partial charge on any atom is 0.335 e. The van der Waals surface area contributed by atoms with Crippen LogP contribution in [0.3, 0.4) is 0 Å². The maximum absolute atomic E-state index is 13.7. The molecule has 0 saturated carbocycles. The van der Waals surface area contributed by atoms with Crippen molar-refractivity contribution >= 4 is 35.1 Å². The van der Waals surface area contributed by atoms with E-state index in [1.54, 1.807) is 18.3 Å². The van der Waals surface area contributed by atoms with E-state index >= 15 is 0 Å². The van der Waals surface area contributed by atoms with Gasteiger partial charge in [0.25, 0.3) is 0 Å². The number of anilines is 2. The topological polar surface area (TPSA) is 82.5 Å². The van der Waals surface area contributed by atoms with Crippen LogP contribution in [-0.2, 0) is 11.3 Å². The molecule has 2 heterocycles. The Balaban J connectivity index is 1.64. The SMILES string of the molecule is C[C@H](Nc1nccc2c1N(Cc1ccc(F)c(F)c1)C(=O)CS2)c1ccc(C(=O)O)cc1. The molecule has 2 aromatic carbocycles. The number of carbonyl (C=O) groups is 2. The van der Waals surface area contributed by atoms with Crippen molar-refractivity contribution < 1.29 is 23.5 Å². The summed E-state index contributed by atoms with van der Waals surface area (Å²) in [5.41, 5.74) is 2.07. The first-order valence-electron chi connectivity index (χ1n) is 9.79. The standard InChI is InChI=1S/C23H19F2N3O3S/c1-13(15-3-5-16(6-4-15)23(30)31)27-22-21-19(8-9-26-22)32-12-20(29)28(21)11-14-2-7-17(24)18(25)10-14/h2-10,13H,11-12H2,1H3,(H,26,27)(H,30,31)/t13-/m0/s1. The Hall–Kier alpha value is -3.46. The van der Waals surface area contributed by atoms with Crippen LogP contribution in [-0.4, -0.2) is 27.7 Å². The number of benzene rings is 2. The molecule has 3 aromatic rings. The van der Waals surface area contributed by atoms with Crippen molar-refractivity contribution in [1.29, 1.82) is 0 Å². The first-order valence-corrected chi connectivity index (χ1v) is 10.8. The lowest BCUT2D eigenvalue weighted by Crippen LogP contribution is -2.35. The minimum absolute atomic E-state index is 0.0751. The summed E-state index contributed by atoms with van der Waals surface area (Å²) in [5.74, 6) is -2.38. The van der Waals surface area contributed by atoms with Gasteiger partial charge in [0, 0.05) is 11.1 Å². The molecule has 32 heavy (non-hydrogen) atoms. The zero-order valence-electron chi connectivity index (χ0n) is 17.0. The Bertz CT molecular complexity index is 1190. The number of nitrogens with zero attached hydrogens (tertiary/aromatic N) is 2. The van der Waals surface area contributed by atoms with Crippen LogP contribution in [0.5, 0.6) is 0 Å². The minimum Gasteiger partial charge on any atom is -0.478 e. The number of pyridine rings is 1. The number of fused-ring (bicyclic) bond motifs is 1. The van der Waals surface area contributed by atoms with Crippen molar-refractivity contribution in [2.75, 3.05) is 16.0 Å². The van der Waals surface area contributed by atoms with Gasteiger partial charge in [-0.05, 0) is 48.4 Å². The van der Waals surface area contributed by atoms with E-state index in [-0.39, 0.29) is 29.8 Å². The molecule has 1 aromatic heterocycles. The smallest absolute Gasteiger partial charge is 0.335 e. The molecule has 1 aliphatic heterocycles. The number of hydrogen-bond donors (Lipinski definition) is 2. The molecule has 0 spiro atoms. The van der Waals surface area contributed by atoms with E-state index in [1.165, 1.54) is 34.9 Å². The van der Waals surface area contributed by atoms with Crippen LogP contribution in [0.25, 0.3) is 0 Å². The van der Waals surface area contributed by atoms with Gasteiger partial charge in [0.2, 0.25) is 5.91 Å². The fourth-order valence-corrected chi connectivity index (χ4v) is 4.39. The fourth-order valence-electron chi connectivity index (χ4n) is 3.45. The monoisotopic (exact) mass is 455 g/mol. The summed E-state index contributed by atoms with van der Waals surface area (Å²) in [6, 6.07) is 11.6. The average molecular weight is 455 g/mol. The molecule has 1 aliphatic rings. The van der Waals surface area contributed by atoms with Crippen molar-refractivity contribution in [3.05, 3.63) is 83.1 Å². The molecule has 0 unspecified atom stereocenters. The van der Waals surface area contributed by atoms with Gasteiger partial charge in [-0.25, -0.2) is 18.6 Å². The van der Waals surface area contributed by atoms with Crippen LogP contribution in [0, 0.1) is 11.6 Å². The molecule has 164 valence electrons. The second-order valence-corrected chi connectivity index (χ2v) is 8.33. The van der Waals surface area contributed by atoms with Crippen LogP contribution < -0.4 is 10.2 Å². The molecule has 0 aliphatic carbocycles. The number of aromatic carboxylic acids is 1. The maximum atomic E-state index is 13.7. The predicted molar refractivity (Wildman–Crippen MR) is 118 cm³/mol. The largest absolute Gasteiger partial charge is 0.478 e. The summed E-state index contributed by atoms with van der Waals surface area (Å²) in [4.78, 5) is 30.6. The van der Waals surface area contributed by atoms with E-state index in [4.69, 9.17) is 5.11 Å². The molecule has 9 heteroatoms. The highest BCUT2D eigenvalue weighted by Gasteiger charge is 2.29. The van der Waals surface area contributed by atoms with Gasteiger partial charge in [0.1, 0.15) is 5.69 Å². The molecule has 0 saturated heterocycles. The lowest BCUT2D eigenvalue weighted by molar-refractivity contribution is -0.116. The number of amides is 1. The average Bonchev–Trinajstić information content (AvgIpc) is 2.78. The fraction of sp³-hybridized carbons (Fsp3) is 0.174. The second-order valence-electron chi connectivity index (χ2n) is 7.32. The minimum atomic E-state index is -1.00. The van der Waals surface area contributed by atoms with Gasteiger partial charge >= 0.3 is 5.97 Å². The highest BCUT2D eigenvalue weighted by Crippen LogP contribution is 2.41. The predicted octanol–water partition coefficient (Wildman–Crippen LogP) is 4.87. The number of halogens is 2. The van der Waals surface area contributed by atoms with E-state index in [2.05, 4.69) is 10.3 Å². The van der Waals surface area contributed by atoms with E-state index in [0.29, 0.717) is 17.1 Å². The molecule has 1 atom stereocenters. The summed E-state index contributed by atoms with van der Waals surface area (Å²) in [7, 11) is 0. The molecular formula is C23H19F2N3O3S. The van der Waals surface area contributed by atoms with Gasteiger partial charge in [0.15, 0.2) is 17.5 Å². The Morgan fingerprint density at radius 1 is 1.19 bits per heavy atom. The lowest BCUT2D eigenvalue weighted by Gasteiger charge is -2.31. The van der Waals surface area contributed by atoms with Gasteiger partial charge in [-0.15, -0.1) is 11.8 Å². The van der Waals surface area contributed by atoms with Gasteiger partial charge in [-0.3, -0.25) is 4.79 Å². The van der Waals surface area contributed by atoms with Gasteiger partial charge < -0.3 is 15.3 Å². The van der Waals surface area contributed by atoms with Crippen molar-refractivity contribution in [1.82, 2.24) is 4.98 Å². The number of nitrogens with one attached hydrogen (secondary N) is 1. The summed E-state index contributed by atoms with van der Waals surface area (Å²) in [6.07, 6.45) is 1.64. The van der Waals surface area contributed by atoms with E-state index in [0.717, 1.165) is 22.6 Å². The Labute approximate surface area is 187 Å². The molecule has 4 rings (SSSR count). The molecule has 2 N–H and O–H groups in total. The number of hydrogen-bond acceptors (Lipinski definition) is 5. The Morgan fingerprint density at radius 2 is 1.94 bits per heavy atom. The quantitative estimate of drug-likeness (QED) is 0.552. The van der Waals surface area contributed by atoms with E-state index in [9.17, 15) is 18.4 Å². The lowest BCUT2D eigenvalue weighted by atomic mass is 10.1. The van der Waals surface area contributed by atoms with Gasteiger partial charge in [-0.1, -0.05) is 18.2 Å². The van der Waals surface area contributed by atoms with Gasteiger partial charge in [0.05, 0.1) is 23.9 Å².